The lowest BCUT2D eigenvalue weighted by Crippen LogP contribution is -2.31. The molecule has 0 spiro atoms. The van der Waals surface area contributed by atoms with Crippen molar-refractivity contribution in [1.29, 1.82) is 0 Å². The van der Waals surface area contributed by atoms with Gasteiger partial charge in [0.25, 0.3) is 0 Å². The fraction of sp³-hybridized carbons (Fsp3) is 0.385. The van der Waals surface area contributed by atoms with Gasteiger partial charge in [-0.1, -0.05) is 12.1 Å². The molecule has 1 amide bonds. The SMILES string of the molecule is COc1ccc(C2CCCN2C(=O)CCc2c(C)c3ccc(C)cc3oc2=O)c(OC)c1. The molecule has 1 aromatic heterocycles. The quantitative estimate of drug-likeness (QED) is 0.524. The Labute approximate surface area is 187 Å². The average Bonchev–Trinajstić information content (AvgIpc) is 3.27. The molecule has 168 valence electrons. The molecule has 32 heavy (non-hydrogen) atoms. The van der Waals surface area contributed by atoms with E-state index in [4.69, 9.17) is 13.9 Å². The summed E-state index contributed by atoms with van der Waals surface area (Å²) >= 11 is 0. The molecule has 1 aliphatic rings. The highest BCUT2D eigenvalue weighted by atomic mass is 16.5. The topological polar surface area (TPSA) is 69.0 Å². The Bertz CT molecular complexity index is 1210. The van der Waals surface area contributed by atoms with Crippen LogP contribution in [0, 0.1) is 13.8 Å². The molecular formula is C26H29NO5. The normalized spacial score (nSPS) is 15.9. The van der Waals surface area contributed by atoms with Crippen LogP contribution in [-0.2, 0) is 11.2 Å². The van der Waals surface area contributed by atoms with Gasteiger partial charge in [-0.2, -0.15) is 0 Å². The number of rotatable bonds is 6. The fourth-order valence-electron chi connectivity index (χ4n) is 4.65. The maximum absolute atomic E-state index is 13.2. The number of aryl methyl sites for hydroxylation is 2. The number of hydrogen-bond acceptors (Lipinski definition) is 5. The van der Waals surface area contributed by atoms with Crippen molar-refractivity contribution in [2.45, 2.75) is 45.6 Å². The van der Waals surface area contributed by atoms with Crippen molar-refractivity contribution < 1.29 is 18.7 Å². The number of nitrogens with zero attached hydrogens (tertiary/aromatic N) is 1. The number of methoxy groups -OCH3 is 2. The van der Waals surface area contributed by atoms with Gasteiger partial charge in [-0.25, -0.2) is 4.79 Å². The van der Waals surface area contributed by atoms with Crippen LogP contribution in [0.5, 0.6) is 11.5 Å². The maximum Gasteiger partial charge on any atom is 0.339 e. The number of hydrogen-bond donors (Lipinski definition) is 0. The second kappa shape index (κ2) is 9.07. The molecule has 1 atom stereocenters. The van der Waals surface area contributed by atoms with Crippen LogP contribution in [0.15, 0.2) is 45.6 Å². The van der Waals surface area contributed by atoms with E-state index < -0.39 is 0 Å². The number of likely N-dealkylation sites (tertiary alicyclic amines) is 1. The molecule has 1 aliphatic heterocycles. The highest BCUT2D eigenvalue weighted by Gasteiger charge is 2.32. The Kier molecular flexibility index (Phi) is 6.21. The molecule has 6 heteroatoms. The lowest BCUT2D eigenvalue weighted by atomic mass is 10.00. The van der Waals surface area contributed by atoms with Crippen LogP contribution in [0.25, 0.3) is 11.0 Å². The Morgan fingerprint density at radius 1 is 1.12 bits per heavy atom. The Hall–Kier alpha value is -3.28. The molecule has 1 fully saturated rings. The van der Waals surface area contributed by atoms with E-state index in [9.17, 15) is 9.59 Å². The van der Waals surface area contributed by atoms with Crippen molar-refractivity contribution in [3.8, 4) is 11.5 Å². The van der Waals surface area contributed by atoms with Gasteiger partial charge in [0.05, 0.1) is 20.3 Å². The van der Waals surface area contributed by atoms with Gasteiger partial charge in [0.15, 0.2) is 0 Å². The lowest BCUT2D eigenvalue weighted by molar-refractivity contribution is -0.132. The van der Waals surface area contributed by atoms with Gasteiger partial charge >= 0.3 is 5.63 Å². The molecule has 6 nitrogen and oxygen atoms in total. The number of benzene rings is 2. The molecule has 2 heterocycles. The predicted molar refractivity (Wildman–Crippen MR) is 124 cm³/mol. The zero-order chi connectivity index (χ0) is 22.8. The molecule has 0 radical (unpaired) electrons. The summed E-state index contributed by atoms with van der Waals surface area (Å²) in [6.45, 7) is 4.59. The molecule has 1 saturated heterocycles. The standard InChI is InChI=1S/C26H29NO5/c1-16-7-9-19-17(2)20(26(29)32-24(19)14-16)11-12-25(28)27-13-5-6-22(27)21-10-8-18(30-3)15-23(21)31-4/h7-10,14-15,22H,5-6,11-13H2,1-4H3. The number of fused-ring (bicyclic) bond motifs is 1. The summed E-state index contributed by atoms with van der Waals surface area (Å²) < 4.78 is 16.4. The summed E-state index contributed by atoms with van der Waals surface area (Å²) in [5.74, 6) is 1.47. The molecule has 2 aromatic carbocycles. The van der Waals surface area contributed by atoms with Crippen LogP contribution in [0.3, 0.4) is 0 Å². The third-order valence-corrected chi connectivity index (χ3v) is 6.40. The molecule has 1 unspecified atom stereocenters. The smallest absolute Gasteiger partial charge is 0.339 e. The van der Waals surface area contributed by atoms with Crippen LogP contribution >= 0.6 is 0 Å². The molecule has 0 N–H and O–H groups in total. The van der Waals surface area contributed by atoms with Crippen LogP contribution < -0.4 is 15.1 Å². The molecule has 0 bridgehead atoms. The molecule has 3 aromatic rings. The summed E-state index contributed by atoms with van der Waals surface area (Å²) in [5.41, 5.74) is 3.72. The van der Waals surface area contributed by atoms with Crippen molar-refractivity contribution in [1.82, 2.24) is 4.90 Å². The van der Waals surface area contributed by atoms with Crippen LogP contribution in [0.1, 0.15) is 47.6 Å². The second-order valence-electron chi connectivity index (χ2n) is 8.35. The number of amides is 1. The molecule has 0 aliphatic carbocycles. The van der Waals surface area contributed by atoms with Crippen molar-refractivity contribution in [3.05, 3.63) is 69.1 Å². The van der Waals surface area contributed by atoms with Crippen LogP contribution in [-0.4, -0.2) is 31.6 Å². The third kappa shape index (κ3) is 4.09. The van der Waals surface area contributed by atoms with Crippen molar-refractivity contribution in [2.24, 2.45) is 0 Å². The van der Waals surface area contributed by atoms with E-state index in [2.05, 4.69) is 0 Å². The van der Waals surface area contributed by atoms with Gasteiger partial charge in [-0.15, -0.1) is 0 Å². The van der Waals surface area contributed by atoms with E-state index in [1.54, 1.807) is 14.2 Å². The number of ether oxygens (including phenoxy) is 2. The van der Waals surface area contributed by atoms with E-state index in [0.717, 1.165) is 46.4 Å². The Balaban J connectivity index is 1.54. The zero-order valence-electron chi connectivity index (χ0n) is 19.1. The highest BCUT2D eigenvalue weighted by molar-refractivity contribution is 5.82. The number of carbonyl (C=O) groups excluding carboxylic acids is 1. The summed E-state index contributed by atoms with van der Waals surface area (Å²) in [5, 5.41) is 0.916. The fourth-order valence-corrected chi connectivity index (χ4v) is 4.65. The van der Waals surface area contributed by atoms with E-state index in [0.29, 0.717) is 24.1 Å². The summed E-state index contributed by atoms with van der Waals surface area (Å²) in [6.07, 6.45) is 2.44. The first-order chi connectivity index (χ1) is 15.4. The summed E-state index contributed by atoms with van der Waals surface area (Å²) in [4.78, 5) is 27.7. The second-order valence-corrected chi connectivity index (χ2v) is 8.35. The van der Waals surface area contributed by atoms with E-state index in [1.807, 2.05) is 55.1 Å². The first kappa shape index (κ1) is 21.9. The predicted octanol–water partition coefficient (Wildman–Crippen LogP) is 4.72. The average molecular weight is 436 g/mol. The molecule has 0 saturated carbocycles. The van der Waals surface area contributed by atoms with Gasteiger partial charge in [-0.05, 0) is 62.4 Å². The minimum absolute atomic E-state index is 0.0353. The zero-order valence-corrected chi connectivity index (χ0v) is 19.1. The van der Waals surface area contributed by atoms with E-state index in [1.165, 1.54) is 0 Å². The largest absolute Gasteiger partial charge is 0.497 e. The summed E-state index contributed by atoms with van der Waals surface area (Å²) in [6, 6.07) is 11.5. The molecule has 4 rings (SSSR count). The van der Waals surface area contributed by atoms with Gasteiger partial charge in [0, 0.05) is 35.5 Å². The maximum atomic E-state index is 13.2. The monoisotopic (exact) mass is 435 g/mol. The minimum atomic E-state index is -0.358. The van der Waals surface area contributed by atoms with Gasteiger partial charge < -0.3 is 18.8 Å². The van der Waals surface area contributed by atoms with Crippen molar-refractivity contribution in [3.63, 3.8) is 0 Å². The van der Waals surface area contributed by atoms with Crippen LogP contribution in [0.2, 0.25) is 0 Å². The van der Waals surface area contributed by atoms with Crippen molar-refractivity contribution in [2.75, 3.05) is 20.8 Å². The molecular weight excluding hydrogens is 406 g/mol. The third-order valence-electron chi connectivity index (χ3n) is 6.40. The van der Waals surface area contributed by atoms with Crippen molar-refractivity contribution >= 4 is 16.9 Å². The lowest BCUT2D eigenvalue weighted by Gasteiger charge is -2.26. The van der Waals surface area contributed by atoms with E-state index >= 15 is 0 Å². The van der Waals surface area contributed by atoms with E-state index in [-0.39, 0.29) is 24.0 Å². The van der Waals surface area contributed by atoms with Gasteiger partial charge in [0.1, 0.15) is 17.1 Å². The first-order valence-corrected chi connectivity index (χ1v) is 11.0. The van der Waals surface area contributed by atoms with Gasteiger partial charge in [0.2, 0.25) is 5.91 Å². The van der Waals surface area contributed by atoms with Gasteiger partial charge in [-0.3, -0.25) is 4.79 Å². The minimum Gasteiger partial charge on any atom is -0.497 e. The summed E-state index contributed by atoms with van der Waals surface area (Å²) in [7, 11) is 3.25. The Morgan fingerprint density at radius 2 is 1.94 bits per heavy atom. The van der Waals surface area contributed by atoms with Crippen LogP contribution in [0.4, 0.5) is 0 Å². The Morgan fingerprint density at radius 3 is 2.69 bits per heavy atom. The first-order valence-electron chi connectivity index (χ1n) is 11.0. The number of carbonyl (C=O) groups is 1. The highest BCUT2D eigenvalue weighted by Crippen LogP contribution is 2.39.